The number of carbonyl (C=O) groups is 1. The first-order chi connectivity index (χ1) is 11.9. The van der Waals surface area contributed by atoms with Crippen molar-refractivity contribution in [2.75, 3.05) is 18.4 Å². The Morgan fingerprint density at radius 2 is 2.04 bits per heavy atom. The maximum atomic E-state index is 13.3. The smallest absolute Gasteiger partial charge is 0.257 e. The number of likely N-dealkylation sites (tertiary alicyclic amines) is 1. The van der Waals surface area contributed by atoms with Crippen LogP contribution in [-0.4, -0.2) is 28.9 Å². The highest BCUT2D eigenvalue weighted by Crippen LogP contribution is 2.26. The average molecular weight is 365 g/mol. The predicted octanol–water partition coefficient (Wildman–Crippen LogP) is 4.21. The number of hydrogen-bond donors (Lipinski definition) is 1. The molecule has 2 aromatic rings. The van der Waals surface area contributed by atoms with E-state index < -0.39 is 17.5 Å². The number of nitrogens with zero attached hydrogens (tertiary/aromatic N) is 2. The molecule has 0 aliphatic carbocycles. The van der Waals surface area contributed by atoms with Crippen LogP contribution in [0.25, 0.3) is 0 Å². The highest BCUT2D eigenvalue weighted by atomic mass is 32.1. The van der Waals surface area contributed by atoms with E-state index in [0.717, 1.165) is 48.3 Å². The second-order valence-corrected chi connectivity index (χ2v) is 7.65. The maximum absolute atomic E-state index is 13.3. The molecule has 1 saturated heterocycles. The van der Waals surface area contributed by atoms with Crippen LogP contribution in [0.15, 0.2) is 18.2 Å². The quantitative estimate of drug-likeness (QED) is 0.883. The van der Waals surface area contributed by atoms with Gasteiger partial charge in [0.15, 0.2) is 16.8 Å². The largest absolute Gasteiger partial charge is 0.298 e. The molecule has 1 amide bonds. The van der Waals surface area contributed by atoms with E-state index in [9.17, 15) is 13.6 Å². The summed E-state index contributed by atoms with van der Waals surface area (Å²) < 4.78 is 26.2. The second kappa shape index (κ2) is 7.58. The van der Waals surface area contributed by atoms with Crippen molar-refractivity contribution in [3.63, 3.8) is 0 Å². The molecule has 0 atom stereocenters. The number of anilines is 1. The number of benzene rings is 1. The minimum atomic E-state index is -1.04. The van der Waals surface area contributed by atoms with E-state index in [1.54, 1.807) is 0 Å². The SMILES string of the molecule is Cc1nc(NC(=O)c2ccc(F)c(F)c2)sc1CN1CCC(C)CC1. The van der Waals surface area contributed by atoms with Gasteiger partial charge in [0.05, 0.1) is 5.69 Å². The lowest BCUT2D eigenvalue weighted by Crippen LogP contribution is -2.32. The first-order valence-electron chi connectivity index (χ1n) is 8.37. The Labute approximate surface area is 149 Å². The Bertz CT molecular complexity index is 770. The monoisotopic (exact) mass is 365 g/mol. The van der Waals surface area contributed by atoms with Crippen LogP contribution in [0.3, 0.4) is 0 Å². The van der Waals surface area contributed by atoms with Crippen molar-refractivity contribution in [2.45, 2.75) is 33.2 Å². The molecule has 0 spiro atoms. The molecule has 0 saturated carbocycles. The van der Waals surface area contributed by atoms with Gasteiger partial charge in [0, 0.05) is 17.0 Å². The lowest BCUT2D eigenvalue weighted by Gasteiger charge is -2.29. The Morgan fingerprint density at radius 3 is 2.72 bits per heavy atom. The predicted molar refractivity (Wildman–Crippen MR) is 94.8 cm³/mol. The molecule has 25 heavy (non-hydrogen) atoms. The van der Waals surface area contributed by atoms with Crippen LogP contribution in [0.4, 0.5) is 13.9 Å². The fourth-order valence-electron chi connectivity index (χ4n) is 2.86. The number of nitrogens with one attached hydrogen (secondary N) is 1. The minimum absolute atomic E-state index is 0.0679. The van der Waals surface area contributed by atoms with Gasteiger partial charge in [-0.3, -0.25) is 15.0 Å². The molecule has 0 unspecified atom stereocenters. The summed E-state index contributed by atoms with van der Waals surface area (Å²) in [6.45, 7) is 7.19. The summed E-state index contributed by atoms with van der Waals surface area (Å²) in [6, 6.07) is 3.09. The van der Waals surface area contributed by atoms with Crippen LogP contribution in [-0.2, 0) is 6.54 Å². The fourth-order valence-corrected chi connectivity index (χ4v) is 3.86. The number of amides is 1. The molecule has 134 valence electrons. The van der Waals surface area contributed by atoms with E-state index in [0.29, 0.717) is 5.13 Å². The zero-order valence-electron chi connectivity index (χ0n) is 14.3. The van der Waals surface area contributed by atoms with E-state index >= 15 is 0 Å². The maximum Gasteiger partial charge on any atom is 0.257 e. The summed E-state index contributed by atoms with van der Waals surface area (Å²) >= 11 is 1.43. The third-order valence-corrected chi connectivity index (χ3v) is 5.60. The Kier molecular flexibility index (Phi) is 5.44. The van der Waals surface area contributed by atoms with E-state index in [4.69, 9.17) is 0 Å². The Balaban J connectivity index is 1.65. The number of thiazole rings is 1. The average Bonchev–Trinajstić information content (AvgIpc) is 2.91. The molecular weight excluding hydrogens is 344 g/mol. The summed E-state index contributed by atoms with van der Waals surface area (Å²) in [5.41, 5.74) is 0.961. The highest BCUT2D eigenvalue weighted by molar-refractivity contribution is 7.15. The number of halogens is 2. The third-order valence-electron chi connectivity index (χ3n) is 4.54. The molecule has 2 heterocycles. The number of carbonyl (C=O) groups excluding carboxylic acids is 1. The van der Waals surface area contributed by atoms with Gasteiger partial charge in [-0.2, -0.15) is 0 Å². The Morgan fingerprint density at radius 1 is 1.32 bits per heavy atom. The molecule has 1 aromatic carbocycles. The molecule has 3 rings (SSSR count). The van der Waals surface area contributed by atoms with Crippen molar-refractivity contribution in [1.29, 1.82) is 0 Å². The summed E-state index contributed by atoms with van der Waals surface area (Å²) in [5, 5.41) is 3.15. The molecule has 1 aromatic heterocycles. The standard InChI is InChI=1S/C18H21F2N3OS/c1-11-5-7-23(8-6-11)10-16-12(2)21-18(25-16)22-17(24)13-3-4-14(19)15(20)9-13/h3-4,9,11H,5-8,10H2,1-2H3,(H,21,22,24). The van der Waals surface area contributed by atoms with Crippen molar-refractivity contribution in [3.05, 3.63) is 46.0 Å². The van der Waals surface area contributed by atoms with Gasteiger partial charge in [-0.1, -0.05) is 6.92 Å². The first kappa shape index (κ1) is 17.9. The van der Waals surface area contributed by atoms with Crippen LogP contribution in [0.2, 0.25) is 0 Å². The summed E-state index contributed by atoms with van der Waals surface area (Å²) in [5.74, 6) is -1.72. The van der Waals surface area contributed by atoms with Crippen LogP contribution in [0.5, 0.6) is 0 Å². The van der Waals surface area contributed by atoms with E-state index in [-0.39, 0.29) is 5.56 Å². The fraction of sp³-hybridized carbons (Fsp3) is 0.444. The van der Waals surface area contributed by atoms with Crippen molar-refractivity contribution < 1.29 is 13.6 Å². The van der Waals surface area contributed by atoms with E-state index in [2.05, 4.69) is 22.1 Å². The van der Waals surface area contributed by atoms with Crippen LogP contribution < -0.4 is 5.32 Å². The van der Waals surface area contributed by atoms with Crippen LogP contribution >= 0.6 is 11.3 Å². The molecule has 1 fully saturated rings. The van der Waals surface area contributed by atoms with Crippen molar-refractivity contribution >= 4 is 22.4 Å². The topological polar surface area (TPSA) is 45.2 Å². The first-order valence-corrected chi connectivity index (χ1v) is 9.19. The molecule has 4 nitrogen and oxygen atoms in total. The van der Waals surface area contributed by atoms with Gasteiger partial charge in [0.25, 0.3) is 5.91 Å². The van der Waals surface area contributed by atoms with Crippen molar-refractivity contribution in [1.82, 2.24) is 9.88 Å². The molecular formula is C18H21F2N3OS. The van der Waals surface area contributed by atoms with Gasteiger partial charge in [0.1, 0.15) is 0 Å². The zero-order valence-corrected chi connectivity index (χ0v) is 15.1. The lowest BCUT2D eigenvalue weighted by atomic mass is 9.99. The number of rotatable bonds is 4. The molecule has 0 bridgehead atoms. The summed E-state index contributed by atoms with van der Waals surface area (Å²) in [4.78, 5) is 20.1. The van der Waals surface area contributed by atoms with Crippen molar-refractivity contribution in [2.24, 2.45) is 5.92 Å². The van der Waals surface area contributed by atoms with E-state index in [1.165, 1.54) is 30.2 Å². The summed E-state index contributed by atoms with van der Waals surface area (Å²) in [7, 11) is 0. The normalized spacial score (nSPS) is 16.2. The molecule has 0 radical (unpaired) electrons. The van der Waals surface area contributed by atoms with Crippen molar-refractivity contribution in [3.8, 4) is 0 Å². The van der Waals surface area contributed by atoms with Gasteiger partial charge in [-0.15, -0.1) is 11.3 Å². The van der Waals surface area contributed by atoms with Gasteiger partial charge in [0.2, 0.25) is 0 Å². The van der Waals surface area contributed by atoms with Gasteiger partial charge < -0.3 is 0 Å². The Hall–Kier alpha value is -1.86. The third kappa shape index (κ3) is 4.41. The minimum Gasteiger partial charge on any atom is -0.298 e. The zero-order chi connectivity index (χ0) is 18.0. The summed E-state index contributed by atoms with van der Waals surface area (Å²) in [6.07, 6.45) is 2.41. The molecule has 1 aliphatic heterocycles. The van der Waals surface area contributed by atoms with Crippen LogP contribution in [0.1, 0.15) is 40.7 Å². The van der Waals surface area contributed by atoms with Crippen LogP contribution in [0, 0.1) is 24.5 Å². The molecule has 7 heteroatoms. The number of hydrogen-bond acceptors (Lipinski definition) is 4. The molecule has 1 N–H and O–H groups in total. The second-order valence-electron chi connectivity index (χ2n) is 6.57. The molecule has 1 aliphatic rings. The van der Waals surface area contributed by atoms with Gasteiger partial charge in [-0.05, 0) is 57.0 Å². The number of aromatic nitrogens is 1. The number of aryl methyl sites for hydroxylation is 1. The highest BCUT2D eigenvalue weighted by Gasteiger charge is 2.19. The van der Waals surface area contributed by atoms with E-state index in [1.807, 2.05) is 6.92 Å². The van der Waals surface area contributed by atoms with Gasteiger partial charge >= 0.3 is 0 Å². The lowest BCUT2D eigenvalue weighted by molar-refractivity contribution is 0.102. The number of piperidine rings is 1. The van der Waals surface area contributed by atoms with Gasteiger partial charge in [-0.25, -0.2) is 13.8 Å².